The zero-order valence-corrected chi connectivity index (χ0v) is 19.6. The van der Waals surface area contributed by atoms with E-state index in [1.807, 2.05) is 20.8 Å². The van der Waals surface area contributed by atoms with Crippen molar-refractivity contribution in [3.05, 3.63) is 88.0 Å². The molecule has 0 radical (unpaired) electrons. The second-order valence-electron chi connectivity index (χ2n) is 8.20. The summed E-state index contributed by atoms with van der Waals surface area (Å²) < 4.78 is 31.7. The third-order valence-electron chi connectivity index (χ3n) is 4.41. The third kappa shape index (κ3) is 7.15. The zero-order chi connectivity index (χ0) is 27.4. The Kier molecular flexibility index (Phi) is 8.26. The first-order valence-electron chi connectivity index (χ1n) is 9.84. The number of nitrogens with one attached hydrogen (secondary N) is 3. The number of aliphatic carboxylic acids is 1. The van der Waals surface area contributed by atoms with Gasteiger partial charge in [0.2, 0.25) is 0 Å². The molecular formula is C21H19ClF3N5O6. The van der Waals surface area contributed by atoms with Gasteiger partial charge in [-0.15, -0.1) is 0 Å². The lowest BCUT2D eigenvalue weighted by Crippen LogP contribution is -2.46. The second kappa shape index (κ2) is 10.6. The number of nitrogens with zero attached hydrogens (tertiary/aromatic N) is 2. The minimum absolute atomic E-state index is 0.0188. The van der Waals surface area contributed by atoms with Crippen molar-refractivity contribution in [1.29, 1.82) is 0 Å². The average Bonchev–Trinajstić information content (AvgIpc) is 3.20. The molecule has 1 aromatic carbocycles. The van der Waals surface area contributed by atoms with Gasteiger partial charge in [-0.3, -0.25) is 19.7 Å². The van der Waals surface area contributed by atoms with Crippen LogP contribution >= 0.6 is 11.6 Å². The third-order valence-corrected chi connectivity index (χ3v) is 4.65. The van der Waals surface area contributed by atoms with Crippen LogP contribution in [0.2, 0.25) is 5.02 Å². The summed E-state index contributed by atoms with van der Waals surface area (Å²) in [5, 5.41) is 18.5. The quantitative estimate of drug-likeness (QED) is 0.296. The van der Waals surface area contributed by atoms with Crippen molar-refractivity contribution < 1.29 is 28.0 Å². The monoisotopic (exact) mass is 529 g/mol. The van der Waals surface area contributed by atoms with Crippen LogP contribution in [0.3, 0.4) is 0 Å². The number of hydrogen-bond acceptors (Lipinski definition) is 6. The molecule has 0 unspecified atom stereocenters. The molecule has 0 aliphatic rings. The Morgan fingerprint density at radius 2 is 1.64 bits per heavy atom. The maximum atomic E-state index is 12.5. The molecule has 4 N–H and O–H groups in total. The first kappa shape index (κ1) is 28.0. The number of carboxylic acid groups (broad SMARTS) is 1. The molecule has 3 aromatic rings. The van der Waals surface area contributed by atoms with Gasteiger partial charge in [0.25, 0.3) is 16.8 Å². The fourth-order valence-corrected chi connectivity index (χ4v) is 2.99. The van der Waals surface area contributed by atoms with Gasteiger partial charge in [0.1, 0.15) is 10.7 Å². The molecule has 0 saturated heterocycles. The van der Waals surface area contributed by atoms with E-state index in [0.29, 0.717) is 5.69 Å². The molecule has 0 bridgehead atoms. The highest BCUT2D eigenvalue weighted by atomic mass is 35.5. The van der Waals surface area contributed by atoms with Gasteiger partial charge in [0.05, 0.1) is 22.5 Å². The molecule has 36 heavy (non-hydrogen) atoms. The first-order chi connectivity index (χ1) is 16.5. The summed E-state index contributed by atoms with van der Waals surface area (Å²) >= 11 is 5.90. The molecule has 11 nitrogen and oxygen atoms in total. The fourth-order valence-electron chi connectivity index (χ4n) is 2.81. The standard InChI is InChI=1S/C19H18ClN5O4.C2HF3O2/c1-19(2,3)16-12(21-9-22-16)8-14-18(27)23-13(17(26)24-14)7-10-6-11(20)4-5-15(10)25(28)29;3-2(4,5)1(6)7/h4-9H,1-3H3,(H,21,22)(H,23,27)(H,24,26);(H,6,7)/b13-7-,14-8-;. The largest absolute Gasteiger partial charge is 0.490 e. The molecule has 15 heteroatoms. The fraction of sp³-hybridized carbons (Fsp3) is 0.238. The zero-order valence-electron chi connectivity index (χ0n) is 18.9. The number of imidazole rings is 1. The summed E-state index contributed by atoms with van der Waals surface area (Å²) in [6.07, 6.45) is -0.884. The van der Waals surface area contributed by atoms with E-state index < -0.39 is 28.2 Å². The van der Waals surface area contributed by atoms with Crippen molar-refractivity contribution in [2.75, 3.05) is 0 Å². The van der Waals surface area contributed by atoms with E-state index in [9.17, 15) is 32.9 Å². The van der Waals surface area contributed by atoms with Crippen molar-refractivity contribution in [2.24, 2.45) is 0 Å². The number of benzene rings is 1. The number of carboxylic acids is 1. The van der Waals surface area contributed by atoms with Gasteiger partial charge < -0.3 is 20.1 Å². The number of carbonyl (C=O) groups is 1. The molecule has 2 aromatic heterocycles. The van der Waals surface area contributed by atoms with Crippen LogP contribution in [0.15, 0.2) is 34.1 Å². The highest BCUT2D eigenvalue weighted by molar-refractivity contribution is 6.30. The first-order valence-corrected chi connectivity index (χ1v) is 10.2. The number of nitro benzene ring substituents is 1. The Balaban J connectivity index is 0.000000572. The van der Waals surface area contributed by atoms with Gasteiger partial charge in [-0.05, 0) is 24.3 Å². The van der Waals surface area contributed by atoms with Crippen molar-refractivity contribution in [3.63, 3.8) is 0 Å². The van der Waals surface area contributed by atoms with Gasteiger partial charge >= 0.3 is 12.1 Å². The van der Waals surface area contributed by atoms with Crippen LogP contribution in [-0.4, -0.2) is 42.1 Å². The number of aromatic amines is 3. The summed E-state index contributed by atoms with van der Waals surface area (Å²) in [5.74, 6) is -2.76. The van der Waals surface area contributed by atoms with Gasteiger partial charge in [0, 0.05) is 22.2 Å². The van der Waals surface area contributed by atoms with Crippen molar-refractivity contribution >= 4 is 35.4 Å². The number of aromatic nitrogens is 4. The number of hydrogen-bond donors (Lipinski definition) is 4. The predicted octanol–water partition coefficient (Wildman–Crippen LogP) is 1.94. The van der Waals surface area contributed by atoms with Crippen LogP contribution in [0.4, 0.5) is 18.9 Å². The van der Waals surface area contributed by atoms with Crippen LogP contribution in [-0.2, 0) is 10.2 Å². The predicted molar refractivity (Wildman–Crippen MR) is 123 cm³/mol. The molecule has 0 amide bonds. The Morgan fingerprint density at radius 1 is 1.11 bits per heavy atom. The topological polar surface area (TPSA) is 175 Å². The van der Waals surface area contributed by atoms with E-state index in [4.69, 9.17) is 21.5 Å². The van der Waals surface area contributed by atoms with Crippen LogP contribution in [0.5, 0.6) is 0 Å². The SMILES string of the molecule is CC(C)(C)c1[nH]cnc1/C=c1\[nH]c(=O)/c(=C/c2cc(Cl)ccc2[N+](=O)[O-])[nH]c1=O.O=C(O)C(F)(F)F. The molecule has 0 aliphatic carbocycles. The normalized spacial score (nSPS) is 12.8. The van der Waals surface area contributed by atoms with E-state index >= 15 is 0 Å². The maximum Gasteiger partial charge on any atom is 0.490 e. The Hall–Kier alpha value is -4.20. The minimum atomic E-state index is -5.08. The van der Waals surface area contributed by atoms with Crippen molar-refractivity contribution in [1.82, 2.24) is 19.9 Å². The number of rotatable bonds is 3. The van der Waals surface area contributed by atoms with E-state index in [1.54, 1.807) is 0 Å². The van der Waals surface area contributed by atoms with E-state index in [0.717, 1.165) is 5.69 Å². The molecule has 0 saturated carbocycles. The smallest absolute Gasteiger partial charge is 0.475 e. The summed E-state index contributed by atoms with van der Waals surface area (Å²) in [4.78, 5) is 56.6. The molecular weight excluding hydrogens is 511 g/mol. The summed E-state index contributed by atoms with van der Waals surface area (Å²) in [6, 6.07) is 3.95. The highest BCUT2D eigenvalue weighted by Crippen LogP contribution is 2.23. The summed E-state index contributed by atoms with van der Waals surface area (Å²) in [6.45, 7) is 5.96. The summed E-state index contributed by atoms with van der Waals surface area (Å²) in [5.41, 5.74) is -0.223. The lowest BCUT2D eigenvalue weighted by Gasteiger charge is -2.16. The minimum Gasteiger partial charge on any atom is -0.475 e. The number of halogens is 4. The van der Waals surface area contributed by atoms with Crippen molar-refractivity contribution in [3.8, 4) is 0 Å². The maximum absolute atomic E-state index is 12.5. The Morgan fingerprint density at radius 3 is 2.11 bits per heavy atom. The number of alkyl halides is 3. The molecule has 0 spiro atoms. The number of nitro groups is 1. The van der Waals surface area contributed by atoms with Crippen LogP contribution < -0.4 is 21.8 Å². The molecule has 3 rings (SSSR count). The molecule has 0 aliphatic heterocycles. The lowest BCUT2D eigenvalue weighted by atomic mass is 9.90. The highest BCUT2D eigenvalue weighted by Gasteiger charge is 2.38. The van der Waals surface area contributed by atoms with Crippen molar-refractivity contribution in [2.45, 2.75) is 32.4 Å². The van der Waals surface area contributed by atoms with Crippen LogP contribution in [0, 0.1) is 10.1 Å². The second-order valence-corrected chi connectivity index (χ2v) is 8.64. The molecule has 0 fully saturated rings. The van der Waals surface area contributed by atoms with Crippen LogP contribution in [0.25, 0.3) is 12.2 Å². The average molecular weight is 530 g/mol. The number of H-pyrrole nitrogens is 3. The molecule has 2 heterocycles. The molecule has 192 valence electrons. The summed E-state index contributed by atoms with van der Waals surface area (Å²) in [7, 11) is 0. The Labute approximate surface area is 204 Å². The van der Waals surface area contributed by atoms with Gasteiger partial charge in [-0.2, -0.15) is 13.2 Å². The lowest BCUT2D eigenvalue weighted by molar-refractivity contribution is -0.385. The molecule has 0 atom stereocenters. The van der Waals surface area contributed by atoms with Gasteiger partial charge in [0.15, 0.2) is 0 Å². The van der Waals surface area contributed by atoms with E-state index in [-0.39, 0.29) is 32.4 Å². The Bertz CT molecular complexity index is 1530. The van der Waals surface area contributed by atoms with Crippen LogP contribution in [0.1, 0.15) is 37.7 Å². The van der Waals surface area contributed by atoms with E-state index in [1.165, 1.54) is 36.7 Å². The van der Waals surface area contributed by atoms with Gasteiger partial charge in [-0.1, -0.05) is 32.4 Å². The van der Waals surface area contributed by atoms with Gasteiger partial charge in [-0.25, -0.2) is 9.78 Å². The van der Waals surface area contributed by atoms with E-state index in [2.05, 4.69) is 19.9 Å².